The van der Waals surface area contributed by atoms with E-state index in [1.165, 1.54) is 17.4 Å². The summed E-state index contributed by atoms with van der Waals surface area (Å²) in [7, 11) is 0. The van der Waals surface area contributed by atoms with Gasteiger partial charge < -0.3 is 0 Å². The molecule has 0 saturated heterocycles. The van der Waals surface area contributed by atoms with Crippen molar-refractivity contribution < 1.29 is 8.78 Å². The van der Waals surface area contributed by atoms with Crippen LogP contribution in [0.5, 0.6) is 0 Å². The van der Waals surface area contributed by atoms with E-state index in [4.69, 9.17) is 0 Å². The van der Waals surface area contributed by atoms with Crippen molar-refractivity contribution in [3.8, 4) is 0 Å². The predicted molar refractivity (Wildman–Crippen MR) is 92.1 cm³/mol. The van der Waals surface area contributed by atoms with Gasteiger partial charge in [0, 0.05) is 11.4 Å². The van der Waals surface area contributed by atoms with E-state index in [2.05, 4.69) is 4.98 Å². The van der Waals surface area contributed by atoms with Crippen LogP contribution in [0, 0.1) is 11.6 Å². The number of aryl methyl sites for hydroxylation is 1. The molecule has 0 atom stereocenters. The minimum Gasteiger partial charge on any atom is -0.292 e. The van der Waals surface area contributed by atoms with E-state index in [0.717, 1.165) is 33.8 Å². The van der Waals surface area contributed by atoms with Crippen LogP contribution in [0.2, 0.25) is 0 Å². The van der Waals surface area contributed by atoms with E-state index in [9.17, 15) is 13.6 Å². The zero-order valence-electron chi connectivity index (χ0n) is 13.0. The van der Waals surface area contributed by atoms with E-state index < -0.39 is 11.6 Å². The maximum absolute atomic E-state index is 13.4. The lowest BCUT2D eigenvalue weighted by Crippen LogP contribution is -2.19. The molecule has 0 aliphatic carbocycles. The van der Waals surface area contributed by atoms with Crippen LogP contribution in [0.3, 0.4) is 0 Å². The Morgan fingerprint density at radius 2 is 2.12 bits per heavy atom. The first kappa shape index (κ1) is 15.2. The molecule has 0 saturated carbocycles. The summed E-state index contributed by atoms with van der Waals surface area (Å²) >= 11 is 1.53. The van der Waals surface area contributed by atoms with Crippen molar-refractivity contribution in [1.29, 1.82) is 0 Å². The first-order valence-corrected chi connectivity index (χ1v) is 8.57. The second-order valence-electron chi connectivity index (χ2n) is 5.77. The molecule has 24 heavy (non-hydrogen) atoms. The molecule has 3 nitrogen and oxygen atoms in total. The minimum absolute atomic E-state index is 0.0281. The lowest BCUT2D eigenvalue weighted by atomic mass is 10.1. The molecule has 0 fully saturated rings. The van der Waals surface area contributed by atoms with Crippen LogP contribution < -0.4 is 5.56 Å². The van der Waals surface area contributed by atoms with E-state index in [0.29, 0.717) is 29.7 Å². The van der Waals surface area contributed by atoms with Gasteiger partial charge in [0.15, 0.2) is 11.6 Å². The molecule has 6 heteroatoms. The van der Waals surface area contributed by atoms with E-state index >= 15 is 0 Å². The molecule has 2 aromatic heterocycles. The number of allylic oxidation sites excluding steroid dienone is 1. The second kappa shape index (κ2) is 5.63. The fourth-order valence-electron chi connectivity index (χ4n) is 2.98. The van der Waals surface area contributed by atoms with E-state index in [1.807, 2.05) is 13.0 Å². The number of aromatic nitrogens is 2. The minimum atomic E-state index is -0.881. The van der Waals surface area contributed by atoms with E-state index in [-0.39, 0.29) is 5.56 Å². The zero-order valence-corrected chi connectivity index (χ0v) is 13.8. The molecule has 0 N–H and O–H groups in total. The third kappa shape index (κ3) is 2.38. The SMILES string of the molecule is CCc1cc2c(=O)n3c(nc2s1)C(=Cc1ccc(F)c(F)c1)CC3. The first-order valence-electron chi connectivity index (χ1n) is 7.76. The summed E-state index contributed by atoms with van der Waals surface area (Å²) in [6, 6.07) is 5.69. The third-order valence-electron chi connectivity index (χ3n) is 4.23. The lowest BCUT2D eigenvalue weighted by molar-refractivity contribution is 0.508. The van der Waals surface area contributed by atoms with Crippen LogP contribution in [0.25, 0.3) is 21.9 Å². The lowest BCUT2D eigenvalue weighted by Gasteiger charge is -2.03. The number of hydrogen-bond acceptors (Lipinski definition) is 3. The zero-order chi connectivity index (χ0) is 16.8. The Hall–Kier alpha value is -2.34. The fraction of sp³-hybridized carbons (Fsp3) is 0.222. The summed E-state index contributed by atoms with van der Waals surface area (Å²) in [5.74, 6) is -1.12. The molecule has 3 heterocycles. The molecule has 0 amide bonds. The Kier molecular flexibility index (Phi) is 3.57. The summed E-state index contributed by atoms with van der Waals surface area (Å²) in [5.41, 5.74) is 1.40. The molecule has 0 unspecified atom stereocenters. The number of thiophene rings is 1. The highest BCUT2D eigenvalue weighted by Gasteiger charge is 2.22. The Labute approximate surface area is 140 Å². The maximum Gasteiger partial charge on any atom is 0.262 e. The van der Waals surface area contributed by atoms with E-state index in [1.54, 1.807) is 10.6 Å². The Balaban J connectivity index is 1.86. The maximum atomic E-state index is 13.4. The number of fused-ring (bicyclic) bond motifs is 2. The molecular formula is C18H14F2N2OS. The summed E-state index contributed by atoms with van der Waals surface area (Å²) in [6.07, 6.45) is 3.29. The van der Waals surface area contributed by atoms with Gasteiger partial charge in [0.2, 0.25) is 0 Å². The number of nitrogens with zero attached hydrogens (tertiary/aromatic N) is 2. The molecule has 1 aliphatic heterocycles. The third-order valence-corrected chi connectivity index (χ3v) is 5.40. The monoisotopic (exact) mass is 344 g/mol. The number of hydrogen-bond donors (Lipinski definition) is 0. The van der Waals surface area contributed by atoms with Crippen molar-refractivity contribution >= 4 is 33.2 Å². The molecule has 3 aromatic rings. The number of benzene rings is 1. The topological polar surface area (TPSA) is 34.9 Å². The van der Waals surface area contributed by atoms with Crippen LogP contribution in [0.15, 0.2) is 29.1 Å². The van der Waals surface area contributed by atoms with Crippen molar-refractivity contribution in [3.05, 3.63) is 62.5 Å². The molecule has 0 radical (unpaired) electrons. The molecule has 122 valence electrons. The number of rotatable bonds is 2. The van der Waals surface area contributed by atoms with Gasteiger partial charge in [-0.25, -0.2) is 13.8 Å². The van der Waals surface area contributed by atoms with Crippen molar-refractivity contribution in [2.75, 3.05) is 0 Å². The molecule has 1 aromatic carbocycles. The van der Waals surface area contributed by atoms with Gasteiger partial charge in [-0.05, 0) is 48.3 Å². The molecule has 4 rings (SSSR count). The van der Waals surface area contributed by atoms with Crippen LogP contribution in [0.1, 0.15) is 29.6 Å². The van der Waals surface area contributed by atoms with Gasteiger partial charge in [0.1, 0.15) is 10.7 Å². The van der Waals surface area contributed by atoms with Gasteiger partial charge in [-0.1, -0.05) is 13.0 Å². The first-order chi connectivity index (χ1) is 11.6. The quantitative estimate of drug-likeness (QED) is 0.697. The Morgan fingerprint density at radius 3 is 2.88 bits per heavy atom. The van der Waals surface area contributed by atoms with Gasteiger partial charge in [0.25, 0.3) is 5.56 Å². The van der Waals surface area contributed by atoms with Crippen molar-refractivity contribution in [3.63, 3.8) is 0 Å². The molecule has 1 aliphatic rings. The van der Waals surface area contributed by atoms with Crippen molar-refractivity contribution in [2.45, 2.75) is 26.3 Å². The second-order valence-corrected chi connectivity index (χ2v) is 6.89. The van der Waals surface area contributed by atoms with Crippen LogP contribution in [-0.2, 0) is 13.0 Å². The fourth-order valence-corrected chi connectivity index (χ4v) is 3.93. The summed E-state index contributed by atoms with van der Waals surface area (Å²) in [4.78, 5) is 19.2. The number of halogens is 2. The Bertz CT molecular complexity index is 1050. The molecular weight excluding hydrogens is 330 g/mol. The van der Waals surface area contributed by atoms with Crippen LogP contribution in [0.4, 0.5) is 8.78 Å². The van der Waals surface area contributed by atoms with Crippen molar-refractivity contribution in [1.82, 2.24) is 9.55 Å². The van der Waals surface area contributed by atoms with Gasteiger partial charge in [-0.15, -0.1) is 11.3 Å². The Morgan fingerprint density at radius 1 is 1.29 bits per heavy atom. The van der Waals surface area contributed by atoms with Crippen molar-refractivity contribution in [2.24, 2.45) is 0 Å². The smallest absolute Gasteiger partial charge is 0.262 e. The van der Waals surface area contributed by atoms with Crippen LogP contribution in [-0.4, -0.2) is 9.55 Å². The van der Waals surface area contributed by atoms with Gasteiger partial charge >= 0.3 is 0 Å². The summed E-state index contributed by atoms with van der Waals surface area (Å²) in [6.45, 7) is 2.61. The highest BCUT2D eigenvalue weighted by molar-refractivity contribution is 7.18. The van der Waals surface area contributed by atoms with Crippen LogP contribution >= 0.6 is 11.3 Å². The largest absolute Gasteiger partial charge is 0.292 e. The average molecular weight is 344 g/mol. The van der Waals surface area contributed by atoms with Gasteiger partial charge in [-0.2, -0.15) is 0 Å². The standard InChI is InChI=1S/C18H14F2N2OS/c1-2-12-9-13-17(24-12)21-16-11(5-6-22(16)18(13)23)7-10-3-4-14(19)15(20)8-10/h3-4,7-9H,2,5-6H2,1H3. The highest BCUT2D eigenvalue weighted by Crippen LogP contribution is 2.30. The summed E-state index contributed by atoms with van der Waals surface area (Å²) < 4.78 is 28.1. The summed E-state index contributed by atoms with van der Waals surface area (Å²) in [5, 5.41) is 0.662. The van der Waals surface area contributed by atoms with Gasteiger partial charge in [-0.3, -0.25) is 9.36 Å². The average Bonchev–Trinajstić information content (AvgIpc) is 3.16. The highest BCUT2D eigenvalue weighted by atomic mass is 32.1. The molecule has 0 spiro atoms. The van der Waals surface area contributed by atoms with Gasteiger partial charge in [0.05, 0.1) is 5.39 Å². The molecule has 0 bridgehead atoms. The normalized spacial score (nSPS) is 15.4. The predicted octanol–water partition coefficient (Wildman–Crippen LogP) is 4.24.